The summed E-state index contributed by atoms with van der Waals surface area (Å²) in [6, 6.07) is 0.200. The SMILES string of the molecule is CCOC1CC[C@@H](C)N1C(=O)OC(C)(C)C. The largest absolute Gasteiger partial charge is 0.444 e. The second kappa shape index (κ2) is 5.04. The van der Waals surface area contributed by atoms with Crippen LogP contribution in [-0.4, -0.2) is 35.5 Å². The molecule has 1 aliphatic rings. The van der Waals surface area contributed by atoms with Crippen LogP contribution < -0.4 is 0 Å². The molecule has 94 valence electrons. The molecule has 0 aromatic carbocycles. The Morgan fingerprint density at radius 2 is 2.00 bits per heavy atom. The van der Waals surface area contributed by atoms with Crippen LogP contribution in [0, 0.1) is 0 Å². The molecular formula is C12H23NO3. The zero-order valence-electron chi connectivity index (χ0n) is 10.9. The van der Waals surface area contributed by atoms with Crippen molar-refractivity contribution in [3.05, 3.63) is 0 Å². The molecule has 2 atom stereocenters. The first kappa shape index (κ1) is 13.3. The topological polar surface area (TPSA) is 38.8 Å². The summed E-state index contributed by atoms with van der Waals surface area (Å²) in [5, 5.41) is 0. The molecule has 0 bridgehead atoms. The third-order valence-electron chi connectivity index (χ3n) is 2.58. The molecule has 0 radical (unpaired) electrons. The van der Waals surface area contributed by atoms with Gasteiger partial charge in [0.1, 0.15) is 11.8 Å². The number of ether oxygens (including phenoxy) is 2. The van der Waals surface area contributed by atoms with E-state index in [2.05, 4.69) is 0 Å². The number of hydrogen-bond acceptors (Lipinski definition) is 3. The van der Waals surface area contributed by atoms with Gasteiger partial charge in [-0.1, -0.05) is 0 Å². The van der Waals surface area contributed by atoms with Gasteiger partial charge >= 0.3 is 6.09 Å². The fourth-order valence-corrected chi connectivity index (χ4v) is 1.91. The van der Waals surface area contributed by atoms with Crippen LogP contribution >= 0.6 is 0 Å². The lowest BCUT2D eigenvalue weighted by atomic mass is 10.2. The first-order valence-corrected chi connectivity index (χ1v) is 5.98. The van der Waals surface area contributed by atoms with Crippen molar-refractivity contribution in [3.8, 4) is 0 Å². The fourth-order valence-electron chi connectivity index (χ4n) is 1.91. The van der Waals surface area contributed by atoms with E-state index >= 15 is 0 Å². The van der Waals surface area contributed by atoms with E-state index in [1.54, 1.807) is 4.90 Å². The van der Waals surface area contributed by atoms with Gasteiger partial charge in [0.2, 0.25) is 0 Å². The lowest BCUT2D eigenvalue weighted by molar-refractivity contribution is -0.0536. The van der Waals surface area contributed by atoms with Crippen LogP contribution in [0.4, 0.5) is 4.79 Å². The predicted octanol–water partition coefficient (Wildman–Crippen LogP) is 2.77. The summed E-state index contributed by atoms with van der Waals surface area (Å²) in [4.78, 5) is 13.7. The molecule has 0 aliphatic carbocycles. The highest BCUT2D eigenvalue weighted by molar-refractivity contribution is 5.69. The van der Waals surface area contributed by atoms with E-state index in [1.165, 1.54) is 0 Å². The Labute approximate surface area is 97.9 Å². The van der Waals surface area contributed by atoms with Crippen LogP contribution in [0.2, 0.25) is 0 Å². The average molecular weight is 229 g/mol. The lowest BCUT2D eigenvalue weighted by Crippen LogP contribution is -2.44. The average Bonchev–Trinajstić information content (AvgIpc) is 2.44. The van der Waals surface area contributed by atoms with Crippen molar-refractivity contribution in [1.82, 2.24) is 4.90 Å². The molecular weight excluding hydrogens is 206 g/mol. The van der Waals surface area contributed by atoms with Gasteiger partial charge < -0.3 is 9.47 Å². The van der Waals surface area contributed by atoms with Gasteiger partial charge in [-0.15, -0.1) is 0 Å². The van der Waals surface area contributed by atoms with Crippen molar-refractivity contribution in [2.75, 3.05) is 6.61 Å². The molecule has 0 aromatic heterocycles. The van der Waals surface area contributed by atoms with Crippen LogP contribution in [0.3, 0.4) is 0 Å². The first-order chi connectivity index (χ1) is 7.35. The van der Waals surface area contributed by atoms with Gasteiger partial charge in [0.15, 0.2) is 0 Å². The van der Waals surface area contributed by atoms with Gasteiger partial charge in [0.05, 0.1) is 0 Å². The number of amides is 1. The minimum atomic E-state index is -0.448. The molecule has 0 N–H and O–H groups in total. The van der Waals surface area contributed by atoms with Crippen molar-refractivity contribution in [1.29, 1.82) is 0 Å². The normalized spacial score (nSPS) is 25.9. The number of nitrogens with zero attached hydrogens (tertiary/aromatic N) is 1. The minimum Gasteiger partial charge on any atom is -0.444 e. The maximum absolute atomic E-state index is 12.0. The monoisotopic (exact) mass is 229 g/mol. The molecule has 16 heavy (non-hydrogen) atoms. The van der Waals surface area contributed by atoms with Crippen LogP contribution in [0.5, 0.6) is 0 Å². The number of rotatable bonds is 2. The van der Waals surface area contributed by atoms with Crippen LogP contribution in [0.15, 0.2) is 0 Å². The van der Waals surface area contributed by atoms with Crippen molar-refractivity contribution in [3.63, 3.8) is 0 Å². The van der Waals surface area contributed by atoms with Crippen molar-refractivity contribution >= 4 is 6.09 Å². The van der Waals surface area contributed by atoms with E-state index in [-0.39, 0.29) is 18.4 Å². The number of carbonyl (C=O) groups is 1. The summed E-state index contributed by atoms with van der Waals surface area (Å²) >= 11 is 0. The molecule has 4 heteroatoms. The Morgan fingerprint density at radius 3 is 2.50 bits per heavy atom. The maximum atomic E-state index is 12.0. The Hall–Kier alpha value is -0.770. The Bertz CT molecular complexity index is 245. The second-order valence-electron chi connectivity index (χ2n) is 5.22. The van der Waals surface area contributed by atoms with E-state index in [4.69, 9.17) is 9.47 Å². The van der Waals surface area contributed by atoms with E-state index in [0.717, 1.165) is 12.8 Å². The molecule has 1 amide bonds. The molecule has 1 heterocycles. The molecule has 0 spiro atoms. The Morgan fingerprint density at radius 1 is 1.38 bits per heavy atom. The third kappa shape index (κ3) is 3.37. The predicted molar refractivity (Wildman–Crippen MR) is 62.2 cm³/mol. The molecule has 4 nitrogen and oxygen atoms in total. The maximum Gasteiger partial charge on any atom is 0.412 e. The van der Waals surface area contributed by atoms with E-state index in [1.807, 2.05) is 34.6 Å². The van der Waals surface area contributed by atoms with Crippen molar-refractivity contribution < 1.29 is 14.3 Å². The summed E-state index contributed by atoms with van der Waals surface area (Å²) < 4.78 is 10.9. The van der Waals surface area contributed by atoms with Gasteiger partial charge in [0, 0.05) is 12.6 Å². The van der Waals surface area contributed by atoms with Gasteiger partial charge in [-0.2, -0.15) is 0 Å². The molecule has 1 rings (SSSR count). The van der Waals surface area contributed by atoms with E-state index in [0.29, 0.717) is 6.61 Å². The Kier molecular flexibility index (Phi) is 4.19. The summed E-state index contributed by atoms with van der Waals surface area (Å²) in [5.74, 6) is 0. The minimum absolute atomic E-state index is 0.116. The van der Waals surface area contributed by atoms with Gasteiger partial charge in [0.25, 0.3) is 0 Å². The molecule has 1 fully saturated rings. The van der Waals surface area contributed by atoms with E-state index < -0.39 is 5.60 Å². The number of carbonyl (C=O) groups excluding carboxylic acids is 1. The molecule has 1 unspecified atom stereocenters. The van der Waals surface area contributed by atoms with E-state index in [9.17, 15) is 4.79 Å². The van der Waals surface area contributed by atoms with Crippen LogP contribution in [-0.2, 0) is 9.47 Å². The van der Waals surface area contributed by atoms with Crippen molar-refractivity contribution in [2.24, 2.45) is 0 Å². The molecule has 1 aliphatic heterocycles. The second-order valence-corrected chi connectivity index (χ2v) is 5.22. The van der Waals surface area contributed by atoms with Crippen LogP contribution in [0.1, 0.15) is 47.5 Å². The molecule has 0 saturated carbocycles. The Balaban J connectivity index is 2.64. The first-order valence-electron chi connectivity index (χ1n) is 5.98. The van der Waals surface area contributed by atoms with Gasteiger partial charge in [-0.05, 0) is 47.5 Å². The van der Waals surface area contributed by atoms with Crippen molar-refractivity contribution in [2.45, 2.75) is 65.3 Å². The van der Waals surface area contributed by atoms with Gasteiger partial charge in [-0.3, -0.25) is 4.90 Å². The summed E-state index contributed by atoms with van der Waals surface area (Å²) in [7, 11) is 0. The number of likely N-dealkylation sites (tertiary alicyclic amines) is 1. The quantitative estimate of drug-likeness (QED) is 0.731. The fraction of sp³-hybridized carbons (Fsp3) is 0.917. The lowest BCUT2D eigenvalue weighted by Gasteiger charge is -2.30. The smallest absolute Gasteiger partial charge is 0.412 e. The standard InChI is InChI=1S/C12H23NO3/c1-6-15-10-8-7-9(2)13(10)11(14)16-12(3,4)5/h9-10H,6-8H2,1-5H3/t9-,10?/m1/s1. The summed E-state index contributed by atoms with van der Waals surface area (Å²) in [6.45, 7) is 10.2. The molecule has 1 saturated heterocycles. The zero-order valence-corrected chi connectivity index (χ0v) is 10.9. The van der Waals surface area contributed by atoms with Crippen LogP contribution in [0.25, 0.3) is 0 Å². The highest BCUT2D eigenvalue weighted by Crippen LogP contribution is 2.26. The molecule has 0 aromatic rings. The highest BCUT2D eigenvalue weighted by Gasteiger charge is 2.37. The summed E-state index contributed by atoms with van der Waals surface area (Å²) in [6.07, 6.45) is 1.49. The third-order valence-corrected chi connectivity index (χ3v) is 2.58. The number of hydrogen-bond donors (Lipinski definition) is 0. The zero-order chi connectivity index (χ0) is 12.3. The highest BCUT2D eigenvalue weighted by atomic mass is 16.6. The van der Waals surface area contributed by atoms with Gasteiger partial charge in [-0.25, -0.2) is 4.79 Å². The summed E-state index contributed by atoms with van der Waals surface area (Å²) in [5.41, 5.74) is -0.448.